The maximum Gasteiger partial charge on any atom is 0.336 e. The third-order valence-electron chi connectivity index (χ3n) is 0.937. The molecule has 2 N–H and O–H groups in total. The molecule has 0 unspecified atom stereocenters. The van der Waals surface area contributed by atoms with Crippen LogP contribution in [-0.4, -0.2) is 23.3 Å². The van der Waals surface area contributed by atoms with E-state index in [-0.39, 0.29) is 5.70 Å². The summed E-state index contributed by atoms with van der Waals surface area (Å²) in [5, 5.41) is 10.4. The van der Waals surface area contributed by atoms with Crippen molar-refractivity contribution in [2.75, 3.05) is 0 Å². The number of aliphatic carboxylic acids is 1. The van der Waals surface area contributed by atoms with Crippen LogP contribution in [0.3, 0.4) is 0 Å². The number of hydrogen-bond donors (Lipinski definition) is 2. The van der Waals surface area contributed by atoms with E-state index < -0.39 is 11.9 Å². The van der Waals surface area contributed by atoms with Crippen molar-refractivity contribution in [1.82, 2.24) is 5.32 Å². The van der Waals surface area contributed by atoms with Crippen LogP contribution in [0, 0.1) is 0 Å². The topological polar surface area (TPSA) is 78.8 Å². The van der Waals surface area contributed by atoms with Crippen LogP contribution in [0.25, 0.3) is 0 Å². The largest absolute Gasteiger partial charge is 0.478 e. The first kappa shape index (κ1) is 7.24. The molecule has 0 aromatic carbocycles. The number of carbonyl (C=O) groups is 2. The number of rotatable bonds is 1. The first-order valence-electron chi connectivity index (χ1n) is 2.73. The fraction of sp³-hybridized carbons (Fsp3) is 0. The van der Waals surface area contributed by atoms with E-state index in [0.717, 1.165) is 6.08 Å². The molecule has 0 saturated carbocycles. The van der Waals surface area contributed by atoms with Gasteiger partial charge >= 0.3 is 5.97 Å². The summed E-state index contributed by atoms with van der Waals surface area (Å²) in [6, 6.07) is 0. The van der Waals surface area contributed by atoms with E-state index in [4.69, 9.17) is 5.11 Å². The quantitative estimate of drug-likeness (QED) is 0.384. The number of hydrogen-bond acceptors (Lipinski definition) is 3. The molecule has 56 valence electrons. The Morgan fingerprint density at radius 1 is 1.82 bits per heavy atom. The van der Waals surface area contributed by atoms with Gasteiger partial charge in [0.2, 0.25) is 0 Å². The van der Waals surface area contributed by atoms with E-state index in [1.165, 1.54) is 6.34 Å². The first-order valence-corrected chi connectivity index (χ1v) is 2.73. The smallest absolute Gasteiger partial charge is 0.336 e. The van der Waals surface area contributed by atoms with Crippen LogP contribution in [0.1, 0.15) is 0 Å². The number of nitrogens with one attached hydrogen (secondary N) is 1. The Balaban J connectivity index is 2.89. The predicted octanol–water partition coefficient (Wildman–Crippen LogP) is -0.732. The van der Waals surface area contributed by atoms with Gasteiger partial charge in [0.1, 0.15) is 0 Å². The molecule has 0 bridgehead atoms. The molecule has 1 amide bonds. The Labute approximate surface area is 61.7 Å². The SMILES string of the molecule is O=C(O)C=C=C1N=CNC1=O. The van der Waals surface area contributed by atoms with Crippen LogP contribution in [0.2, 0.25) is 0 Å². The van der Waals surface area contributed by atoms with Crippen molar-refractivity contribution in [2.24, 2.45) is 4.99 Å². The highest BCUT2D eigenvalue weighted by Gasteiger charge is 2.10. The number of carboxylic acids is 1. The van der Waals surface area contributed by atoms with Gasteiger partial charge in [-0.1, -0.05) is 5.73 Å². The number of nitrogens with zero attached hydrogens (tertiary/aromatic N) is 1. The fourth-order valence-electron chi connectivity index (χ4n) is 0.515. The molecule has 0 aliphatic carbocycles. The average molecular weight is 152 g/mol. The molecule has 1 aliphatic heterocycles. The molecule has 0 saturated heterocycles. The van der Waals surface area contributed by atoms with Crippen molar-refractivity contribution in [3.63, 3.8) is 0 Å². The summed E-state index contributed by atoms with van der Waals surface area (Å²) in [5.41, 5.74) is 2.19. The minimum absolute atomic E-state index is 0.0209. The molecule has 0 fully saturated rings. The molecule has 0 spiro atoms. The maximum absolute atomic E-state index is 10.6. The van der Waals surface area contributed by atoms with Crippen LogP contribution in [-0.2, 0) is 9.59 Å². The van der Waals surface area contributed by atoms with Crippen LogP contribution in [0.5, 0.6) is 0 Å². The van der Waals surface area contributed by atoms with Gasteiger partial charge in [-0.25, -0.2) is 9.79 Å². The zero-order valence-electron chi connectivity index (χ0n) is 5.37. The number of aliphatic imine (C=N–C) groups is 1. The lowest BCUT2D eigenvalue weighted by atomic mass is 10.4. The summed E-state index contributed by atoms with van der Waals surface area (Å²) in [6.45, 7) is 0. The van der Waals surface area contributed by atoms with Gasteiger partial charge in [0, 0.05) is 0 Å². The van der Waals surface area contributed by atoms with Gasteiger partial charge < -0.3 is 10.4 Å². The Morgan fingerprint density at radius 3 is 3.00 bits per heavy atom. The fourth-order valence-corrected chi connectivity index (χ4v) is 0.515. The predicted molar refractivity (Wildman–Crippen MR) is 35.9 cm³/mol. The summed E-state index contributed by atoms with van der Waals surface area (Å²) in [7, 11) is 0. The van der Waals surface area contributed by atoms with Crippen molar-refractivity contribution in [2.45, 2.75) is 0 Å². The van der Waals surface area contributed by atoms with Gasteiger partial charge in [-0.05, 0) is 0 Å². The van der Waals surface area contributed by atoms with Crippen molar-refractivity contribution < 1.29 is 14.7 Å². The van der Waals surface area contributed by atoms with Crippen molar-refractivity contribution in [1.29, 1.82) is 0 Å². The molecule has 1 rings (SSSR count). The van der Waals surface area contributed by atoms with Gasteiger partial charge in [-0.2, -0.15) is 0 Å². The molecular weight excluding hydrogens is 148 g/mol. The summed E-state index contributed by atoms with van der Waals surface area (Å²) < 4.78 is 0. The van der Waals surface area contributed by atoms with Gasteiger partial charge in [0.25, 0.3) is 5.91 Å². The van der Waals surface area contributed by atoms with Crippen LogP contribution < -0.4 is 5.32 Å². The van der Waals surface area contributed by atoms with E-state index in [9.17, 15) is 9.59 Å². The zero-order valence-corrected chi connectivity index (χ0v) is 5.37. The van der Waals surface area contributed by atoms with Crippen LogP contribution >= 0.6 is 0 Å². The van der Waals surface area contributed by atoms with Gasteiger partial charge in [-0.15, -0.1) is 0 Å². The molecule has 0 aromatic rings. The van der Waals surface area contributed by atoms with Crippen LogP contribution in [0.15, 0.2) is 22.5 Å². The van der Waals surface area contributed by atoms with Gasteiger partial charge in [0.15, 0.2) is 5.70 Å². The summed E-state index contributed by atoms with van der Waals surface area (Å²) in [6.07, 6.45) is 1.91. The maximum atomic E-state index is 10.6. The number of carbonyl (C=O) groups excluding carboxylic acids is 1. The van der Waals surface area contributed by atoms with E-state index in [0.29, 0.717) is 0 Å². The van der Waals surface area contributed by atoms with Crippen molar-refractivity contribution in [3.05, 3.63) is 17.5 Å². The molecule has 1 aliphatic rings. The van der Waals surface area contributed by atoms with Gasteiger partial charge in [0.05, 0.1) is 12.4 Å². The second-order valence-corrected chi connectivity index (χ2v) is 1.71. The van der Waals surface area contributed by atoms with E-state index >= 15 is 0 Å². The van der Waals surface area contributed by atoms with E-state index in [1.54, 1.807) is 0 Å². The lowest BCUT2D eigenvalue weighted by Gasteiger charge is -1.81. The molecule has 1 heterocycles. The van der Waals surface area contributed by atoms with E-state index in [1.807, 2.05) is 0 Å². The Hall–Kier alpha value is -1.87. The molecule has 0 atom stereocenters. The molecular formula is C6H4N2O3. The lowest BCUT2D eigenvalue weighted by molar-refractivity contribution is -0.131. The lowest BCUT2D eigenvalue weighted by Crippen LogP contribution is -2.14. The molecule has 0 radical (unpaired) electrons. The number of amides is 1. The first-order chi connectivity index (χ1) is 5.20. The Bertz CT molecular complexity index is 297. The van der Waals surface area contributed by atoms with Crippen molar-refractivity contribution >= 4 is 18.2 Å². The van der Waals surface area contributed by atoms with Crippen LogP contribution in [0.4, 0.5) is 0 Å². The van der Waals surface area contributed by atoms with Gasteiger partial charge in [-0.3, -0.25) is 4.79 Å². The standard InChI is InChI=1S/C6H4N2O3/c9-5(10)2-1-4-6(11)8-3-7-4/h2-3H,(H,9,10)(H,7,8,11). The Morgan fingerprint density at radius 2 is 2.55 bits per heavy atom. The zero-order chi connectivity index (χ0) is 8.27. The molecule has 0 aromatic heterocycles. The Kier molecular flexibility index (Phi) is 1.85. The molecule has 11 heavy (non-hydrogen) atoms. The summed E-state index contributed by atoms with van der Waals surface area (Å²) in [4.78, 5) is 24.1. The summed E-state index contributed by atoms with van der Waals surface area (Å²) in [5.74, 6) is -1.60. The van der Waals surface area contributed by atoms with E-state index in [2.05, 4.69) is 16.0 Å². The average Bonchev–Trinajstić information content (AvgIpc) is 2.31. The molecule has 5 nitrogen and oxygen atoms in total. The normalized spacial score (nSPS) is 14.2. The second-order valence-electron chi connectivity index (χ2n) is 1.71. The second kappa shape index (κ2) is 2.81. The monoisotopic (exact) mass is 152 g/mol. The van der Waals surface area contributed by atoms with Crippen molar-refractivity contribution in [3.8, 4) is 0 Å². The highest BCUT2D eigenvalue weighted by molar-refractivity contribution is 6.05. The minimum Gasteiger partial charge on any atom is -0.478 e. The number of carboxylic acid groups (broad SMARTS) is 1. The summed E-state index contributed by atoms with van der Waals surface area (Å²) >= 11 is 0. The third kappa shape index (κ3) is 1.77. The minimum atomic E-state index is -1.16. The third-order valence-corrected chi connectivity index (χ3v) is 0.937. The highest BCUT2D eigenvalue weighted by Crippen LogP contribution is 1.96. The molecule has 5 heteroatoms. The highest BCUT2D eigenvalue weighted by atomic mass is 16.4.